The maximum Gasteiger partial charge on any atom is 0.300 e. The van der Waals surface area contributed by atoms with Crippen molar-refractivity contribution in [3.8, 4) is 5.75 Å². The monoisotopic (exact) mass is 502 g/mol. The molecule has 3 aromatic rings. The fourth-order valence-electron chi connectivity index (χ4n) is 4.50. The molecule has 0 aromatic heterocycles. The van der Waals surface area contributed by atoms with Crippen LogP contribution in [0.15, 0.2) is 72.3 Å². The Labute approximate surface area is 216 Å². The molecule has 0 radical (unpaired) electrons. The topological polar surface area (TPSA) is 70.1 Å². The molecule has 1 aliphatic heterocycles. The van der Waals surface area contributed by atoms with Gasteiger partial charge in [0.1, 0.15) is 17.3 Å². The second kappa shape index (κ2) is 9.73. The highest BCUT2D eigenvalue weighted by Gasteiger charge is 2.47. The summed E-state index contributed by atoms with van der Waals surface area (Å²) in [5, 5.41) is 11.4. The van der Waals surface area contributed by atoms with Crippen molar-refractivity contribution in [3.63, 3.8) is 0 Å². The van der Waals surface area contributed by atoms with Gasteiger partial charge in [0.15, 0.2) is 0 Å². The Bertz CT molecular complexity index is 1370. The predicted octanol–water partition coefficient (Wildman–Crippen LogP) is 5.82. The second-order valence-electron chi connectivity index (χ2n) is 10.3. The lowest BCUT2D eigenvalue weighted by atomic mass is 9.87. The maximum absolute atomic E-state index is 14.2. The number of amides is 1. The SMILES string of the molecule is COc1ccc(F)cc1/C(O)=C1\C(=O)C(=O)N(c2ccc(C(C)(C)C)cc2)C1c1ccc(N(C)C)cc1. The zero-order chi connectivity index (χ0) is 27.1. The number of aliphatic hydroxyl groups excluding tert-OH is 1. The minimum Gasteiger partial charge on any atom is -0.507 e. The summed E-state index contributed by atoms with van der Waals surface area (Å²) in [7, 11) is 5.21. The fourth-order valence-corrected chi connectivity index (χ4v) is 4.50. The number of Topliss-reactive ketones (excluding diaryl/α,β-unsaturated/α-hetero) is 1. The van der Waals surface area contributed by atoms with Crippen molar-refractivity contribution >= 4 is 28.8 Å². The van der Waals surface area contributed by atoms with E-state index in [0.29, 0.717) is 11.3 Å². The number of methoxy groups -OCH3 is 1. The highest BCUT2D eigenvalue weighted by Crippen LogP contribution is 2.44. The van der Waals surface area contributed by atoms with Crippen LogP contribution in [0.5, 0.6) is 5.75 Å². The Balaban J connectivity index is 1.94. The third-order valence-electron chi connectivity index (χ3n) is 6.60. The number of hydrogen-bond acceptors (Lipinski definition) is 5. The molecule has 1 N–H and O–H groups in total. The number of carbonyl (C=O) groups is 2. The van der Waals surface area contributed by atoms with Gasteiger partial charge in [0.05, 0.1) is 24.3 Å². The molecule has 0 spiro atoms. The molecule has 1 amide bonds. The third kappa shape index (κ3) is 4.81. The van der Waals surface area contributed by atoms with Gasteiger partial charge in [-0.25, -0.2) is 4.39 Å². The number of anilines is 2. The van der Waals surface area contributed by atoms with Crippen LogP contribution < -0.4 is 14.5 Å². The summed E-state index contributed by atoms with van der Waals surface area (Å²) in [5.41, 5.74) is 2.92. The molecule has 0 saturated carbocycles. The van der Waals surface area contributed by atoms with Gasteiger partial charge < -0.3 is 14.7 Å². The number of ketones is 1. The molecule has 1 atom stereocenters. The fraction of sp³-hybridized carbons (Fsp3) is 0.267. The summed E-state index contributed by atoms with van der Waals surface area (Å²) in [4.78, 5) is 30.2. The van der Waals surface area contributed by atoms with E-state index in [1.165, 1.54) is 24.1 Å². The summed E-state index contributed by atoms with van der Waals surface area (Å²) in [6, 6.07) is 17.6. The van der Waals surface area contributed by atoms with Gasteiger partial charge in [-0.3, -0.25) is 14.5 Å². The van der Waals surface area contributed by atoms with E-state index in [0.717, 1.165) is 17.3 Å². The predicted molar refractivity (Wildman–Crippen MR) is 144 cm³/mol. The number of benzene rings is 3. The van der Waals surface area contributed by atoms with Crippen LogP contribution in [0.3, 0.4) is 0 Å². The number of halogens is 1. The molecule has 3 aromatic carbocycles. The van der Waals surface area contributed by atoms with Crippen molar-refractivity contribution in [3.05, 3.63) is 94.8 Å². The molecule has 4 rings (SSSR count). The van der Waals surface area contributed by atoms with Crippen molar-refractivity contribution in [1.29, 1.82) is 0 Å². The first-order valence-electron chi connectivity index (χ1n) is 12.0. The quantitative estimate of drug-likeness (QED) is 0.270. The van der Waals surface area contributed by atoms with Crippen LogP contribution in [0.1, 0.15) is 43.5 Å². The van der Waals surface area contributed by atoms with Crippen LogP contribution in [0.2, 0.25) is 0 Å². The summed E-state index contributed by atoms with van der Waals surface area (Å²) in [6.07, 6.45) is 0. The van der Waals surface area contributed by atoms with E-state index >= 15 is 0 Å². The van der Waals surface area contributed by atoms with Crippen LogP contribution in [-0.4, -0.2) is 38.0 Å². The molecule has 37 heavy (non-hydrogen) atoms. The van der Waals surface area contributed by atoms with E-state index in [1.54, 1.807) is 12.1 Å². The van der Waals surface area contributed by atoms with Crippen LogP contribution in [0.25, 0.3) is 5.76 Å². The van der Waals surface area contributed by atoms with Crippen LogP contribution in [-0.2, 0) is 15.0 Å². The van der Waals surface area contributed by atoms with Crippen molar-refractivity contribution in [2.75, 3.05) is 31.0 Å². The largest absolute Gasteiger partial charge is 0.507 e. The number of carbonyl (C=O) groups excluding carboxylic acids is 2. The van der Waals surface area contributed by atoms with E-state index in [1.807, 2.05) is 55.4 Å². The molecule has 1 saturated heterocycles. The third-order valence-corrected chi connectivity index (χ3v) is 6.60. The molecule has 7 heteroatoms. The van der Waals surface area contributed by atoms with Crippen LogP contribution in [0, 0.1) is 5.82 Å². The van der Waals surface area contributed by atoms with Crippen molar-refractivity contribution in [1.82, 2.24) is 0 Å². The van der Waals surface area contributed by atoms with Crippen LogP contribution in [0.4, 0.5) is 15.8 Å². The second-order valence-corrected chi connectivity index (χ2v) is 10.3. The Kier molecular flexibility index (Phi) is 6.82. The average molecular weight is 503 g/mol. The van der Waals surface area contributed by atoms with Gasteiger partial charge in [0.25, 0.3) is 11.7 Å². The van der Waals surface area contributed by atoms with Gasteiger partial charge in [-0.15, -0.1) is 0 Å². The van der Waals surface area contributed by atoms with Gasteiger partial charge >= 0.3 is 0 Å². The summed E-state index contributed by atoms with van der Waals surface area (Å²) >= 11 is 0. The molecular weight excluding hydrogens is 471 g/mol. The molecule has 6 nitrogen and oxygen atoms in total. The van der Waals surface area contributed by atoms with Gasteiger partial charge in [-0.2, -0.15) is 0 Å². The molecule has 1 aliphatic rings. The molecular formula is C30H31FN2O4. The molecule has 1 unspecified atom stereocenters. The van der Waals surface area contributed by atoms with E-state index in [2.05, 4.69) is 20.8 Å². The zero-order valence-electron chi connectivity index (χ0n) is 21.9. The number of ether oxygens (including phenoxy) is 1. The number of nitrogens with zero attached hydrogens (tertiary/aromatic N) is 2. The van der Waals surface area contributed by atoms with Crippen molar-refractivity contribution in [2.45, 2.75) is 32.2 Å². The molecule has 192 valence electrons. The Morgan fingerprint density at radius 1 is 0.973 bits per heavy atom. The first-order valence-corrected chi connectivity index (χ1v) is 12.0. The standard InChI is InChI=1S/C30H31FN2O4/c1-30(2,3)19-9-14-22(15-10-19)33-26(18-7-12-21(13-8-18)32(4)5)25(28(35)29(33)36)27(34)23-17-20(31)11-16-24(23)37-6/h7-17,26,34H,1-6H3/b27-25+. The van der Waals surface area contributed by atoms with E-state index in [4.69, 9.17) is 4.74 Å². The number of hydrogen-bond donors (Lipinski definition) is 1. The molecule has 0 aliphatic carbocycles. The summed E-state index contributed by atoms with van der Waals surface area (Å²) in [5.74, 6) is -2.56. The summed E-state index contributed by atoms with van der Waals surface area (Å²) in [6.45, 7) is 6.27. The van der Waals surface area contributed by atoms with E-state index < -0.39 is 29.3 Å². The lowest BCUT2D eigenvalue weighted by molar-refractivity contribution is -0.132. The van der Waals surface area contributed by atoms with Crippen LogP contribution >= 0.6 is 0 Å². The highest BCUT2D eigenvalue weighted by molar-refractivity contribution is 6.51. The van der Waals surface area contributed by atoms with Gasteiger partial charge in [-0.05, 0) is 59.0 Å². The molecule has 1 heterocycles. The Morgan fingerprint density at radius 2 is 1.59 bits per heavy atom. The minimum atomic E-state index is -0.926. The zero-order valence-corrected chi connectivity index (χ0v) is 21.9. The molecule has 1 fully saturated rings. The smallest absolute Gasteiger partial charge is 0.300 e. The minimum absolute atomic E-state index is 0.00140. The Hall–Kier alpha value is -4.13. The normalized spacial score (nSPS) is 17.3. The van der Waals surface area contributed by atoms with Crippen molar-refractivity contribution in [2.24, 2.45) is 0 Å². The van der Waals surface area contributed by atoms with Gasteiger partial charge in [0, 0.05) is 25.5 Å². The first-order chi connectivity index (χ1) is 17.4. The molecule has 0 bridgehead atoms. The summed E-state index contributed by atoms with van der Waals surface area (Å²) < 4.78 is 19.5. The average Bonchev–Trinajstić information content (AvgIpc) is 3.13. The van der Waals surface area contributed by atoms with E-state index in [-0.39, 0.29) is 22.3 Å². The maximum atomic E-state index is 14.2. The lowest BCUT2D eigenvalue weighted by Crippen LogP contribution is -2.29. The van der Waals surface area contributed by atoms with Crippen molar-refractivity contribution < 1.29 is 23.8 Å². The Morgan fingerprint density at radius 3 is 2.14 bits per heavy atom. The van der Waals surface area contributed by atoms with Gasteiger partial charge in [-0.1, -0.05) is 45.0 Å². The lowest BCUT2D eigenvalue weighted by Gasteiger charge is -2.27. The highest BCUT2D eigenvalue weighted by atomic mass is 19.1. The van der Waals surface area contributed by atoms with E-state index in [9.17, 15) is 19.1 Å². The first kappa shape index (κ1) is 25.9. The number of aliphatic hydroxyl groups is 1. The van der Waals surface area contributed by atoms with Gasteiger partial charge in [0.2, 0.25) is 0 Å². The number of rotatable bonds is 5.